The predicted octanol–water partition coefficient (Wildman–Crippen LogP) is 8.13. The molecule has 1 aromatic rings. The van der Waals surface area contributed by atoms with Gasteiger partial charge in [0, 0.05) is 0 Å². The van der Waals surface area contributed by atoms with Crippen LogP contribution in [0.15, 0.2) is 24.3 Å². The number of hydrogen-bond donors (Lipinski definition) is 1. The molecule has 1 N–H and O–H groups in total. The van der Waals surface area contributed by atoms with Gasteiger partial charge in [0.05, 0.1) is 12.2 Å². The molecule has 0 saturated heterocycles. The number of benzene rings is 1. The molecule has 2 aliphatic rings. The van der Waals surface area contributed by atoms with Crippen LogP contribution >= 0.6 is 7.60 Å². The normalized spacial score (nSPS) is 33.8. The lowest BCUT2D eigenvalue weighted by atomic mass is 9.75. The first-order chi connectivity index (χ1) is 15.5. The first-order valence-electron chi connectivity index (χ1n) is 13.2. The van der Waals surface area contributed by atoms with Gasteiger partial charge in [-0.2, -0.15) is 0 Å². The maximum absolute atomic E-state index is 14.6. The molecule has 2 fully saturated rings. The summed E-state index contributed by atoms with van der Waals surface area (Å²) in [5.74, 6) is 1.30. The third-order valence-electron chi connectivity index (χ3n) is 8.16. The van der Waals surface area contributed by atoms with Crippen LogP contribution in [-0.4, -0.2) is 17.3 Å². The fourth-order valence-corrected chi connectivity index (χ4v) is 7.97. The van der Waals surface area contributed by atoms with Gasteiger partial charge in [-0.3, -0.25) is 4.57 Å². The Kier molecular flexibility index (Phi) is 9.28. The van der Waals surface area contributed by atoms with Crippen molar-refractivity contribution in [3.8, 4) is 0 Å². The summed E-state index contributed by atoms with van der Waals surface area (Å²) >= 11 is 0. The standard InChI is InChI=1S/C28H47O4P/c1-18(2)24-14-10-21(6)16-26(24)31-33(30,28(29)23-12-8-20(5)9-13-23)32-27-17-22(7)11-15-25(27)19(3)4/h8-9,12-13,18-19,21-22,24-29H,10-11,14-17H2,1-7H3/t21-,22+,24-,25-,26-,27-,28-,33?/m1/s1. The zero-order chi connectivity index (χ0) is 24.3. The monoisotopic (exact) mass is 478 g/mol. The Morgan fingerprint density at radius 3 is 1.64 bits per heavy atom. The van der Waals surface area contributed by atoms with Crippen molar-refractivity contribution >= 4 is 7.60 Å². The van der Waals surface area contributed by atoms with Crippen LogP contribution in [0.25, 0.3) is 0 Å². The van der Waals surface area contributed by atoms with Crippen LogP contribution in [0.1, 0.15) is 97.0 Å². The summed E-state index contributed by atoms with van der Waals surface area (Å²) < 4.78 is 27.6. The SMILES string of the molecule is Cc1ccc([C@H](O)P(=O)(O[C@@H]2C[C@H](C)CC[C@@H]2C(C)C)O[C@@H]2C[C@@H](C)CC[C@@H]2C(C)C)cc1. The van der Waals surface area contributed by atoms with Gasteiger partial charge >= 0.3 is 7.60 Å². The molecule has 188 valence electrons. The molecule has 0 amide bonds. The van der Waals surface area contributed by atoms with Crippen LogP contribution < -0.4 is 0 Å². The van der Waals surface area contributed by atoms with Crippen LogP contribution in [0.4, 0.5) is 0 Å². The lowest BCUT2D eigenvalue weighted by Crippen LogP contribution is -2.37. The van der Waals surface area contributed by atoms with E-state index >= 15 is 0 Å². The Bertz CT molecular complexity index is 752. The van der Waals surface area contributed by atoms with Crippen LogP contribution in [0, 0.1) is 42.4 Å². The number of aliphatic hydroxyl groups is 1. The second-order valence-electron chi connectivity index (χ2n) is 11.8. The van der Waals surface area contributed by atoms with Crippen molar-refractivity contribution in [1.29, 1.82) is 0 Å². The van der Waals surface area contributed by atoms with E-state index in [1.807, 2.05) is 31.2 Å². The van der Waals surface area contributed by atoms with Crippen LogP contribution in [0.2, 0.25) is 0 Å². The smallest absolute Gasteiger partial charge is 0.363 e. The summed E-state index contributed by atoms with van der Waals surface area (Å²) in [5.41, 5.74) is 1.71. The molecule has 2 saturated carbocycles. The van der Waals surface area contributed by atoms with E-state index in [2.05, 4.69) is 41.5 Å². The van der Waals surface area contributed by atoms with E-state index in [0.29, 0.717) is 41.1 Å². The van der Waals surface area contributed by atoms with Crippen LogP contribution in [-0.2, 0) is 13.6 Å². The fourth-order valence-electron chi connectivity index (χ4n) is 5.91. The zero-order valence-electron chi connectivity index (χ0n) is 21.9. The van der Waals surface area contributed by atoms with Gasteiger partial charge in [0.15, 0.2) is 5.85 Å². The summed E-state index contributed by atoms with van der Waals surface area (Å²) in [5, 5.41) is 11.5. The summed E-state index contributed by atoms with van der Waals surface area (Å²) in [6.07, 6.45) is 5.90. The van der Waals surface area contributed by atoms with Gasteiger partial charge in [0.25, 0.3) is 0 Å². The van der Waals surface area contributed by atoms with Gasteiger partial charge in [0.2, 0.25) is 0 Å². The quantitative estimate of drug-likeness (QED) is 0.383. The minimum atomic E-state index is -3.84. The zero-order valence-corrected chi connectivity index (χ0v) is 22.8. The van der Waals surface area contributed by atoms with Crippen molar-refractivity contribution in [2.75, 3.05) is 0 Å². The lowest BCUT2D eigenvalue weighted by Gasteiger charge is -2.42. The molecule has 5 heteroatoms. The molecular weight excluding hydrogens is 431 g/mol. The Balaban J connectivity index is 1.94. The summed E-state index contributed by atoms with van der Waals surface area (Å²) in [6.45, 7) is 15.4. The van der Waals surface area contributed by atoms with Crippen LogP contribution in [0.5, 0.6) is 0 Å². The molecule has 0 bridgehead atoms. The second-order valence-corrected chi connectivity index (χ2v) is 13.8. The van der Waals surface area contributed by atoms with Gasteiger partial charge < -0.3 is 14.2 Å². The number of aliphatic hydroxyl groups excluding tert-OH is 1. The average molecular weight is 479 g/mol. The molecular formula is C28H47O4P. The molecule has 2 aliphatic carbocycles. The molecule has 33 heavy (non-hydrogen) atoms. The molecule has 0 aromatic heterocycles. The largest absolute Gasteiger partial charge is 0.376 e. The van der Waals surface area contributed by atoms with Crippen molar-refractivity contribution in [2.45, 2.75) is 105 Å². The Morgan fingerprint density at radius 1 is 0.818 bits per heavy atom. The highest BCUT2D eigenvalue weighted by atomic mass is 31.2. The number of rotatable bonds is 8. The lowest BCUT2D eigenvalue weighted by molar-refractivity contribution is -0.0153. The summed E-state index contributed by atoms with van der Waals surface area (Å²) in [6, 6.07) is 7.60. The number of hydrogen-bond acceptors (Lipinski definition) is 4. The highest BCUT2D eigenvalue weighted by Crippen LogP contribution is 2.64. The first kappa shape index (κ1) is 26.9. The van der Waals surface area contributed by atoms with Gasteiger partial charge in [-0.15, -0.1) is 0 Å². The third kappa shape index (κ3) is 6.72. The van der Waals surface area contributed by atoms with E-state index in [0.717, 1.165) is 31.2 Å². The molecule has 0 spiro atoms. The van der Waals surface area contributed by atoms with Crippen LogP contribution in [0.3, 0.4) is 0 Å². The maximum Gasteiger partial charge on any atom is 0.363 e. The minimum absolute atomic E-state index is 0.154. The molecule has 4 nitrogen and oxygen atoms in total. The van der Waals surface area contributed by atoms with Gasteiger partial charge in [-0.05, 0) is 73.7 Å². The predicted molar refractivity (Wildman–Crippen MR) is 136 cm³/mol. The topological polar surface area (TPSA) is 55.8 Å². The fraction of sp³-hybridized carbons (Fsp3) is 0.786. The third-order valence-corrected chi connectivity index (χ3v) is 10.2. The van der Waals surface area contributed by atoms with Crippen molar-refractivity contribution in [2.24, 2.45) is 35.5 Å². The van der Waals surface area contributed by atoms with E-state index in [-0.39, 0.29) is 12.2 Å². The maximum atomic E-state index is 14.6. The molecule has 1 unspecified atom stereocenters. The molecule has 1 aromatic carbocycles. The molecule has 0 aliphatic heterocycles. The van der Waals surface area contributed by atoms with E-state index in [1.165, 1.54) is 12.8 Å². The van der Waals surface area contributed by atoms with Gasteiger partial charge in [-0.1, -0.05) is 84.2 Å². The highest BCUT2D eigenvalue weighted by molar-refractivity contribution is 7.54. The molecule has 0 radical (unpaired) electrons. The van der Waals surface area contributed by atoms with E-state index in [1.54, 1.807) is 0 Å². The van der Waals surface area contributed by atoms with Gasteiger partial charge in [-0.25, -0.2) is 0 Å². The minimum Gasteiger partial charge on any atom is -0.376 e. The Labute approximate surface area is 202 Å². The van der Waals surface area contributed by atoms with Crippen molar-refractivity contribution < 1.29 is 18.7 Å². The van der Waals surface area contributed by atoms with Crippen molar-refractivity contribution in [1.82, 2.24) is 0 Å². The second kappa shape index (κ2) is 11.4. The molecule has 3 rings (SSSR count). The molecule has 8 atom stereocenters. The summed E-state index contributed by atoms with van der Waals surface area (Å²) in [4.78, 5) is 0. The van der Waals surface area contributed by atoms with Crippen molar-refractivity contribution in [3.63, 3.8) is 0 Å². The van der Waals surface area contributed by atoms with E-state index in [9.17, 15) is 9.67 Å². The first-order valence-corrected chi connectivity index (χ1v) is 14.8. The Hall–Kier alpha value is -0.670. The highest BCUT2D eigenvalue weighted by Gasteiger charge is 2.46. The summed E-state index contributed by atoms with van der Waals surface area (Å²) in [7, 11) is -3.84. The Morgan fingerprint density at radius 2 is 1.24 bits per heavy atom. The van der Waals surface area contributed by atoms with Gasteiger partial charge in [0.1, 0.15) is 0 Å². The number of aryl methyl sites for hydroxylation is 1. The van der Waals surface area contributed by atoms with E-state index < -0.39 is 13.4 Å². The molecule has 0 heterocycles. The average Bonchev–Trinajstić information content (AvgIpc) is 2.73. The van der Waals surface area contributed by atoms with E-state index in [4.69, 9.17) is 9.05 Å². The van der Waals surface area contributed by atoms with Crippen molar-refractivity contribution in [3.05, 3.63) is 35.4 Å².